The van der Waals surface area contributed by atoms with Gasteiger partial charge in [-0.15, -0.1) is 0 Å². The predicted octanol–water partition coefficient (Wildman–Crippen LogP) is 15.5. The van der Waals surface area contributed by atoms with Crippen molar-refractivity contribution in [1.82, 2.24) is 0 Å². The Balaban J connectivity index is 1.11. The van der Waals surface area contributed by atoms with Crippen molar-refractivity contribution in [3.8, 4) is 44.5 Å². The maximum Gasteiger partial charge on any atom is 0.159 e. The minimum atomic E-state index is -0.0599. The van der Waals surface area contributed by atoms with Crippen molar-refractivity contribution in [3.05, 3.63) is 211 Å². The van der Waals surface area contributed by atoms with E-state index in [0.29, 0.717) is 0 Å². The van der Waals surface area contributed by atoms with E-state index in [4.69, 9.17) is 4.42 Å². The average molecular weight is 730 g/mol. The molecule has 0 N–H and O–H groups in total. The van der Waals surface area contributed by atoms with Crippen LogP contribution in [0.1, 0.15) is 25.0 Å². The normalized spacial score (nSPS) is 12.9. The molecule has 0 saturated heterocycles. The van der Waals surface area contributed by atoms with Crippen LogP contribution in [0.2, 0.25) is 0 Å². The predicted molar refractivity (Wildman–Crippen MR) is 240 cm³/mol. The average Bonchev–Trinajstić information content (AvgIpc) is 3.76. The molecule has 0 spiro atoms. The molecule has 0 saturated carbocycles. The Morgan fingerprint density at radius 2 is 1.02 bits per heavy atom. The van der Waals surface area contributed by atoms with Gasteiger partial charge in [-0.1, -0.05) is 178 Å². The number of benzene rings is 9. The van der Waals surface area contributed by atoms with Gasteiger partial charge in [0.1, 0.15) is 5.58 Å². The van der Waals surface area contributed by atoms with Crippen molar-refractivity contribution in [2.45, 2.75) is 19.3 Å². The molecule has 1 aliphatic rings. The Kier molecular flexibility index (Phi) is 7.55. The first kappa shape index (κ1) is 33.2. The molecule has 0 bridgehead atoms. The molecule has 10 aromatic rings. The third-order valence-corrected chi connectivity index (χ3v) is 12.1. The Morgan fingerprint density at radius 3 is 1.86 bits per heavy atom. The van der Waals surface area contributed by atoms with Crippen molar-refractivity contribution < 1.29 is 4.42 Å². The molecule has 57 heavy (non-hydrogen) atoms. The lowest BCUT2D eigenvalue weighted by molar-refractivity contribution is 0.660. The van der Waals surface area contributed by atoms with Crippen molar-refractivity contribution in [2.75, 3.05) is 4.90 Å². The summed E-state index contributed by atoms with van der Waals surface area (Å²) in [6, 6.07) is 72.6. The van der Waals surface area contributed by atoms with Gasteiger partial charge in [0, 0.05) is 27.4 Å². The molecule has 0 amide bonds. The molecule has 11 rings (SSSR count). The molecular formula is C55H39NO. The fourth-order valence-corrected chi connectivity index (χ4v) is 9.32. The van der Waals surface area contributed by atoms with E-state index in [0.717, 1.165) is 44.6 Å². The Labute approximate surface area is 332 Å². The van der Waals surface area contributed by atoms with Crippen LogP contribution in [-0.4, -0.2) is 0 Å². The van der Waals surface area contributed by atoms with Gasteiger partial charge in [-0.3, -0.25) is 0 Å². The van der Waals surface area contributed by atoms with Crippen LogP contribution in [0.3, 0.4) is 0 Å². The number of fused-ring (bicyclic) bond motifs is 7. The monoisotopic (exact) mass is 729 g/mol. The molecule has 0 radical (unpaired) electrons. The van der Waals surface area contributed by atoms with Gasteiger partial charge >= 0.3 is 0 Å². The first-order chi connectivity index (χ1) is 28.0. The number of furan rings is 1. The summed E-state index contributed by atoms with van der Waals surface area (Å²) in [5.41, 5.74) is 17.4. The zero-order chi connectivity index (χ0) is 38.1. The van der Waals surface area contributed by atoms with Crippen LogP contribution >= 0.6 is 0 Å². The fraction of sp³-hybridized carbons (Fsp3) is 0.0545. The quantitative estimate of drug-likeness (QED) is 0.169. The van der Waals surface area contributed by atoms with Crippen LogP contribution in [0.5, 0.6) is 0 Å². The number of hydrogen-bond acceptors (Lipinski definition) is 2. The van der Waals surface area contributed by atoms with Crippen LogP contribution in [0.4, 0.5) is 17.1 Å². The lowest BCUT2D eigenvalue weighted by Crippen LogP contribution is -2.14. The summed E-state index contributed by atoms with van der Waals surface area (Å²) in [5.74, 6) is 0. The van der Waals surface area contributed by atoms with E-state index < -0.39 is 0 Å². The molecule has 0 aliphatic heterocycles. The minimum absolute atomic E-state index is 0.0599. The van der Waals surface area contributed by atoms with Gasteiger partial charge in [0.05, 0.1) is 11.4 Å². The second-order valence-corrected chi connectivity index (χ2v) is 15.7. The fourth-order valence-electron chi connectivity index (χ4n) is 9.32. The van der Waals surface area contributed by atoms with E-state index in [1.54, 1.807) is 0 Å². The summed E-state index contributed by atoms with van der Waals surface area (Å²) in [6.45, 7) is 4.69. The van der Waals surface area contributed by atoms with Gasteiger partial charge in [-0.25, -0.2) is 0 Å². The van der Waals surface area contributed by atoms with E-state index in [1.807, 2.05) is 6.07 Å². The lowest BCUT2D eigenvalue weighted by atomic mass is 9.81. The highest BCUT2D eigenvalue weighted by Crippen LogP contribution is 2.51. The van der Waals surface area contributed by atoms with E-state index in [-0.39, 0.29) is 5.41 Å². The van der Waals surface area contributed by atoms with Crippen LogP contribution in [0, 0.1) is 0 Å². The lowest BCUT2D eigenvalue weighted by Gasteiger charge is -2.28. The molecule has 1 heterocycles. The number of hydrogen-bond donors (Lipinski definition) is 0. The zero-order valence-corrected chi connectivity index (χ0v) is 31.9. The summed E-state index contributed by atoms with van der Waals surface area (Å²) < 4.78 is 6.74. The number of nitrogens with zero attached hydrogens (tertiary/aromatic N) is 1. The van der Waals surface area contributed by atoms with Crippen molar-refractivity contribution >= 4 is 49.8 Å². The number of para-hydroxylation sites is 3. The van der Waals surface area contributed by atoms with Gasteiger partial charge < -0.3 is 9.32 Å². The van der Waals surface area contributed by atoms with Gasteiger partial charge in [0.25, 0.3) is 0 Å². The van der Waals surface area contributed by atoms with Gasteiger partial charge in [0.15, 0.2) is 5.58 Å². The minimum Gasteiger partial charge on any atom is -0.454 e. The van der Waals surface area contributed by atoms with Gasteiger partial charge in [0.2, 0.25) is 0 Å². The van der Waals surface area contributed by atoms with E-state index in [9.17, 15) is 0 Å². The standard InChI is InChI=1S/C55H39NO/c1-55(2)48-25-9-6-19-42(48)43-34-31-39(35-49(43)55)36-29-32-40(33-30-36)56(51-27-14-24-47-45-21-8-11-28-52(45)57-54(47)51)50-26-10-7-20-44(50)46-23-13-18-38-17-12-22-41(53(38)46)37-15-4-3-5-16-37/h3-35H,1-2H3. The van der Waals surface area contributed by atoms with Crippen LogP contribution in [-0.2, 0) is 5.41 Å². The molecular weight excluding hydrogens is 691 g/mol. The van der Waals surface area contributed by atoms with Crippen molar-refractivity contribution in [3.63, 3.8) is 0 Å². The first-order valence-corrected chi connectivity index (χ1v) is 19.8. The third-order valence-electron chi connectivity index (χ3n) is 12.1. The molecule has 0 fully saturated rings. The van der Waals surface area contributed by atoms with Crippen LogP contribution in [0.15, 0.2) is 205 Å². The highest BCUT2D eigenvalue weighted by Gasteiger charge is 2.35. The molecule has 270 valence electrons. The zero-order valence-electron chi connectivity index (χ0n) is 31.9. The molecule has 0 atom stereocenters. The summed E-state index contributed by atoms with van der Waals surface area (Å²) >= 11 is 0. The number of anilines is 3. The summed E-state index contributed by atoms with van der Waals surface area (Å²) in [7, 11) is 0. The molecule has 0 unspecified atom stereocenters. The van der Waals surface area contributed by atoms with Crippen molar-refractivity contribution in [2.24, 2.45) is 0 Å². The smallest absolute Gasteiger partial charge is 0.159 e. The summed E-state index contributed by atoms with van der Waals surface area (Å²) in [4.78, 5) is 2.39. The Hall–Kier alpha value is -7.16. The van der Waals surface area contributed by atoms with E-state index in [1.165, 1.54) is 60.8 Å². The highest BCUT2D eigenvalue weighted by atomic mass is 16.3. The maximum atomic E-state index is 6.74. The van der Waals surface area contributed by atoms with E-state index >= 15 is 0 Å². The van der Waals surface area contributed by atoms with Gasteiger partial charge in [-0.2, -0.15) is 0 Å². The maximum absolute atomic E-state index is 6.74. The number of rotatable bonds is 6. The Morgan fingerprint density at radius 1 is 0.404 bits per heavy atom. The molecule has 2 nitrogen and oxygen atoms in total. The van der Waals surface area contributed by atoms with Crippen LogP contribution < -0.4 is 4.90 Å². The highest BCUT2D eigenvalue weighted by molar-refractivity contribution is 6.12. The molecule has 1 aliphatic carbocycles. The second kappa shape index (κ2) is 13.0. The molecule has 1 aromatic heterocycles. The summed E-state index contributed by atoms with van der Waals surface area (Å²) in [6.07, 6.45) is 0. The summed E-state index contributed by atoms with van der Waals surface area (Å²) in [5, 5.41) is 4.65. The SMILES string of the molecule is CC1(C)c2ccccc2-c2ccc(-c3ccc(N(c4ccccc4-c4cccc5cccc(-c6ccccc6)c45)c4cccc5c4oc4ccccc45)cc3)cc21. The second-order valence-electron chi connectivity index (χ2n) is 15.7. The topological polar surface area (TPSA) is 16.4 Å². The van der Waals surface area contributed by atoms with Gasteiger partial charge in [-0.05, 0) is 97.2 Å². The first-order valence-electron chi connectivity index (χ1n) is 19.8. The third kappa shape index (κ3) is 5.25. The van der Waals surface area contributed by atoms with E-state index in [2.05, 4.69) is 213 Å². The molecule has 9 aromatic carbocycles. The van der Waals surface area contributed by atoms with Crippen molar-refractivity contribution in [1.29, 1.82) is 0 Å². The largest absolute Gasteiger partial charge is 0.454 e. The Bertz CT molecular complexity index is 3150. The molecule has 2 heteroatoms. The van der Waals surface area contributed by atoms with Crippen LogP contribution in [0.25, 0.3) is 77.2 Å².